The lowest BCUT2D eigenvalue weighted by Crippen LogP contribution is -2.30. The molecule has 0 amide bonds. The molecule has 0 fully saturated rings. The summed E-state index contributed by atoms with van der Waals surface area (Å²) in [4.78, 5) is 38.0. The van der Waals surface area contributed by atoms with Crippen LogP contribution in [0.4, 0.5) is 0 Å². The van der Waals surface area contributed by atoms with Crippen LogP contribution in [0.5, 0.6) is 0 Å². The molecule has 0 spiro atoms. The van der Waals surface area contributed by atoms with Crippen LogP contribution in [0.1, 0.15) is 355 Å². The minimum Gasteiger partial charge on any atom is -0.462 e. The van der Waals surface area contributed by atoms with Gasteiger partial charge in [-0.2, -0.15) is 0 Å². The molecule has 0 bridgehead atoms. The van der Waals surface area contributed by atoms with Gasteiger partial charge in [0, 0.05) is 19.3 Å². The number of ether oxygens (including phenoxy) is 3. The van der Waals surface area contributed by atoms with E-state index >= 15 is 0 Å². The fraction of sp³-hybridized carbons (Fsp3) is 0.817. The molecule has 1 unspecified atom stereocenters. The van der Waals surface area contributed by atoms with Crippen LogP contribution in [0, 0.1) is 0 Å². The van der Waals surface area contributed by atoms with Crippen LogP contribution in [-0.2, 0) is 28.6 Å². The summed E-state index contributed by atoms with van der Waals surface area (Å²) >= 11 is 0. The molecule has 448 valence electrons. The Bertz CT molecular complexity index is 1380. The number of carbonyl (C=O) groups is 3. The summed E-state index contributed by atoms with van der Waals surface area (Å²) in [6, 6.07) is 0. The van der Waals surface area contributed by atoms with Crippen molar-refractivity contribution in [2.24, 2.45) is 0 Å². The molecule has 6 nitrogen and oxygen atoms in total. The molecule has 6 heteroatoms. The van der Waals surface area contributed by atoms with Gasteiger partial charge in [0.2, 0.25) is 0 Å². The second-order valence-electron chi connectivity index (χ2n) is 22.7. The maximum Gasteiger partial charge on any atom is 0.306 e. The summed E-state index contributed by atoms with van der Waals surface area (Å²) in [6.07, 6.45) is 84.4. The van der Waals surface area contributed by atoms with E-state index in [4.69, 9.17) is 14.2 Å². The van der Waals surface area contributed by atoms with Gasteiger partial charge in [0.05, 0.1) is 0 Å². The second-order valence-corrected chi connectivity index (χ2v) is 22.7. The topological polar surface area (TPSA) is 78.9 Å². The van der Waals surface area contributed by atoms with E-state index in [1.54, 1.807) is 0 Å². The molecule has 0 saturated heterocycles. The lowest BCUT2D eigenvalue weighted by Gasteiger charge is -2.18. The number of hydrogen-bond acceptors (Lipinski definition) is 6. The van der Waals surface area contributed by atoms with E-state index in [1.807, 2.05) is 0 Å². The van der Waals surface area contributed by atoms with E-state index < -0.39 is 6.10 Å². The third-order valence-electron chi connectivity index (χ3n) is 15.0. The van der Waals surface area contributed by atoms with Crippen LogP contribution in [0.15, 0.2) is 60.8 Å². The van der Waals surface area contributed by atoms with Gasteiger partial charge < -0.3 is 14.2 Å². The molecule has 0 aliphatic rings. The third-order valence-corrected chi connectivity index (χ3v) is 15.0. The average molecular weight is 1080 g/mol. The zero-order chi connectivity index (χ0) is 55.7. The normalized spacial score (nSPS) is 12.4. The van der Waals surface area contributed by atoms with E-state index in [-0.39, 0.29) is 31.1 Å². The zero-order valence-electron chi connectivity index (χ0n) is 51.5. The summed E-state index contributed by atoms with van der Waals surface area (Å²) in [5.41, 5.74) is 0. The van der Waals surface area contributed by atoms with Crippen molar-refractivity contribution in [3.63, 3.8) is 0 Å². The van der Waals surface area contributed by atoms with Crippen molar-refractivity contribution in [2.75, 3.05) is 13.2 Å². The number of unbranched alkanes of at least 4 members (excludes halogenated alkanes) is 41. The van der Waals surface area contributed by atoms with E-state index in [2.05, 4.69) is 81.5 Å². The predicted octanol–water partition coefficient (Wildman–Crippen LogP) is 23.1. The Morgan fingerprint density at radius 2 is 0.506 bits per heavy atom. The highest BCUT2D eigenvalue weighted by Crippen LogP contribution is 2.18. The summed E-state index contributed by atoms with van der Waals surface area (Å²) in [7, 11) is 0. The minimum absolute atomic E-state index is 0.0705. The van der Waals surface area contributed by atoms with Gasteiger partial charge in [-0.3, -0.25) is 14.4 Å². The third kappa shape index (κ3) is 63.8. The van der Waals surface area contributed by atoms with Gasteiger partial charge in [-0.05, 0) is 64.2 Å². The van der Waals surface area contributed by atoms with E-state index in [0.29, 0.717) is 19.3 Å². The number of rotatable bonds is 62. The van der Waals surface area contributed by atoms with Gasteiger partial charge >= 0.3 is 17.9 Å². The van der Waals surface area contributed by atoms with Crippen LogP contribution < -0.4 is 0 Å². The molecule has 0 saturated carbocycles. The Morgan fingerprint density at radius 3 is 0.792 bits per heavy atom. The first-order valence-electron chi connectivity index (χ1n) is 33.8. The molecule has 1 atom stereocenters. The highest BCUT2D eigenvalue weighted by atomic mass is 16.6. The van der Waals surface area contributed by atoms with Crippen LogP contribution >= 0.6 is 0 Å². The zero-order valence-corrected chi connectivity index (χ0v) is 51.5. The first-order chi connectivity index (χ1) is 38.0. The molecule has 0 aromatic heterocycles. The summed E-state index contributed by atoms with van der Waals surface area (Å²) in [5.74, 6) is -0.865. The molecular weight excluding hydrogens is 949 g/mol. The summed E-state index contributed by atoms with van der Waals surface area (Å²) in [5, 5.41) is 0. The van der Waals surface area contributed by atoms with Gasteiger partial charge in [-0.15, -0.1) is 0 Å². The quantitative estimate of drug-likeness (QED) is 0.0261. The van der Waals surface area contributed by atoms with Crippen molar-refractivity contribution in [3.8, 4) is 0 Å². The Balaban J connectivity index is 3.97. The maximum atomic E-state index is 12.8. The first-order valence-corrected chi connectivity index (χ1v) is 33.8. The monoisotopic (exact) mass is 1080 g/mol. The van der Waals surface area contributed by atoms with Gasteiger partial charge in [0.15, 0.2) is 6.10 Å². The van der Waals surface area contributed by atoms with E-state index in [1.165, 1.54) is 218 Å². The van der Waals surface area contributed by atoms with Gasteiger partial charge in [0.25, 0.3) is 0 Å². The van der Waals surface area contributed by atoms with E-state index in [0.717, 1.165) is 96.3 Å². The average Bonchev–Trinajstić information content (AvgIpc) is 3.43. The minimum atomic E-state index is -0.769. The van der Waals surface area contributed by atoms with Crippen LogP contribution in [0.25, 0.3) is 0 Å². The van der Waals surface area contributed by atoms with Crippen molar-refractivity contribution < 1.29 is 28.6 Å². The number of hydrogen-bond donors (Lipinski definition) is 0. The molecule has 77 heavy (non-hydrogen) atoms. The van der Waals surface area contributed by atoms with Gasteiger partial charge in [-0.1, -0.05) is 332 Å². The molecule has 0 aromatic rings. The fourth-order valence-corrected chi connectivity index (χ4v) is 10.0. The van der Waals surface area contributed by atoms with Crippen molar-refractivity contribution in [3.05, 3.63) is 60.8 Å². The molecule has 0 aromatic carbocycles. The lowest BCUT2D eigenvalue weighted by molar-refractivity contribution is -0.167. The Kier molecular flexibility index (Phi) is 63.2. The Hall–Kier alpha value is -2.89. The van der Waals surface area contributed by atoms with Crippen LogP contribution in [-0.4, -0.2) is 37.2 Å². The largest absolute Gasteiger partial charge is 0.462 e. The highest BCUT2D eigenvalue weighted by Gasteiger charge is 2.19. The number of esters is 3. The molecule has 0 rings (SSSR count). The van der Waals surface area contributed by atoms with Gasteiger partial charge in [0.1, 0.15) is 13.2 Å². The van der Waals surface area contributed by atoms with Crippen LogP contribution in [0.2, 0.25) is 0 Å². The Labute approximate surface area is 479 Å². The summed E-state index contributed by atoms with van der Waals surface area (Å²) < 4.78 is 16.8. The maximum absolute atomic E-state index is 12.8. The molecule has 0 radical (unpaired) electrons. The lowest BCUT2D eigenvalue weighted by atomic mass is 10.0. The second kappa shape index (κ2) is 65.6. The standard InChI is InChI=1S/C71H128O6/c1-4-7-10-13-15-17-19-21-23-25-27-29-31-33-34-35-36-38-39-41-43-45-47-49-51-53-55-58-61-64-70(73)76-67-68(66-75-69(72)63-60-57-12-9-6-3)77-71(74)65-62-59-56-54-52-50-48-46-44-42-40-37-32-30-28-26-24-22-20-18-16-14-11-8-5-2/h7,10,15,17,21,23,27,29,33-34,68H,4-6,8-9,11-14,16,18-20,22,24-26,28,30-32,35-67H2,1-3H3/b10-7-,17-15-,23-21-,29-27-,34-33-. The smallest absolute Gasteiger partial charge is 0.306 e. The van der Waals surface area contributed by atoms with Gasteiger partial charge in [-0.25, -0.2) is 0 Å². The van der Waals surface area contributed by atoms with Crippen molar-refractivity contribution >= 4 is 17.9 Å². The van der Waals surface area contributed by atoms with Crippen molar-refractivity contribution in [1.29, 1.82) is 0 Å². The van der Waals surface area contributed by atoms with E-state index in [9.17, 15) is 14.4 Å². The number of carbonyl (C=O) groups excluding carboxylic acids is 3. The summed E-state index contributed by atoms with van der Waals surface area (Å²) in [6.45, 7) is 6.50. The van der Waals surface area contributed by atoms with Crippen molar-refractivity contribution in [1.82, 2.24) is 0 Å². The highest BCUT2D eigenvalue weighted by molar-refractivity contribution is 5.71. The molecule has 0 heterocycles. The molecule has 0 aliphatic heterocycles. The fourth-order valence-electron chi connectivity index (χ4n) is 10.0. The molecular formula is C71H128O6. The molecule has 0 N–H and O–H groups in total. The first kappa shape index (κ1) is 74.1. The van der Waals surface area contributed by atoms with Crippen LogP contribution in [0.3, 0.4) is 0 Å². The van der Waals surface area contributed by atoms with Crippen molar-refractivity contribution in [2.45, 2.75) is 361 Å². The number of allylic oxidation sites excluding steroid dienone is 10. The SMILES string of the molecule is CC/C=C\C/C=C\C/C=C\C/C=C\C/C=C\CCCCCCCCCCCCCCCC(=O)OCC(COC(=O)CCCCCCC)OC(=O)CCCCCCCCCCCCCCCCCCCCCCCCCCC. The Morgan fingerprint density at radius 1 is 0.273 bits per heavy atom. The molecule has 0 aliphatic carbocycles. The predicted molar refractivity (Wildman–Crippen MR) is 335 cm³/mol.